The standard InChI is InChI=1S/C26H27FN8O3/c27-17-3-6-20-19(13-17)21(38-25(28)37)14-35(20)22-7-8-30-26(32-22)31-18-4-1-16(2-5-18)24(36)34-12-11-33-10-9-29-23(33)15-34/h3,6-10,13-14,16,18H,1-2,4-5,11-12,15H2,(H2,28,37)(H,30,31,32). The lowest BCUT2D eigenvalue weighted by Crippen LogP contribution is -2.43. The monoisotopic (exact) mass is 518 g/mol. The minimum Gasteiger partial charge on any atom is -0.408 e. The molecule has 11 nitrogen and oxygen atoms in total. The number of hydrogen-bond acceptors (Lipinski definition) is 7. The Morgan fingerprint density at radius 1 is 1.08 bits per heavy atom. The number of benzene rings is 1. The van der Waals surface area contributed by atoms with Gasteiger partial charge in [0.15, 0.2) is 5.75 Å². The van der Waals surface area contributed by atoms with Crippen LogP contribution in [-0.4, -0.2) is 53.6 Å². The fourth-order valence-corrected chi connectivity index (χ4v) is 5.39. The van der Waals surface area contributed by atoms with E-state index >= 15 is 0 Å². The molecule has 0 saturated heterocycles. The molecule has 3 N–H and O–H groups in total. The van der Waals surface area contributed by atoms with Gasteiger partial charge in [0.05, 0.1) is 18.3 Å². The first-order chi connectivity index (χ1) is 18.4. The molecular weight excluding hydrogens is 491 g/mol. The van der Waals surface area contributed by atoms with E-state index in [-0.39, 0.29) is 23.6 Å². The van der Waals surface area contributed by atoms with Gasteiger partial charge >= 0.3 is 6.09 Å². The van der Waals surface area contributed by atoms with Crippen LogP contribution in [0, 0.1) is 11.7 Å². The third-order valence-corrected chi connectivity index (χ3v) is 7.29. The molecule has 1 aliphatic carbocycles. The van der Waals surface area contributed by atoms with E-state index in [2.05, 4.69) is 24.8 Å². The van der Waals surface area contributed by atoms with Crippen LogP contribution in [0.2, 0.25) is 0 Å². The summed E-state index contributed by atoms with van der Waals surface area (Å²) in [7, 11) is 0. The number of halogens is 1. The number of hydrogen-bond donors (Lipinski definition) is 2. The van der Waals surface area contributed by atoms with Gasteiger partial charge in [0.25, 0.3) is 0 Å². The van der Waals surface area contributed by atoms with E-state index in [9.17, 15) is 14.0 Å². The number of carbonyl (C=O) groups is 2. The number of fused-ring (bicyclic) bond motifs is 2. The highest BCUT2D eigenvalue weighted by molar-refractivity contribution is 5.90. The van der Waals surface area contributed by atoms with Gasteiger partial charge in [-0.15, -0.1) is 0 Å². The Bertz CT molecular complexity index is 1510. The average Bonchev–Trinajstić information content (AvgIpc) is 3.53. The number of nitrogens with two attached hydrogens (primary N) is 1. The number of primary amides is 1. The fourth-order valence-electron chi connectivity index (χ4n) is 5.39. The summed E-state index contributed by atoms with van der Waals surface area (Å²) in [6.45, 7) is 2.07. The smallest absolute Gasteiger partial charge is 0.408 e. The minimum absolute atomic E-state index is 0.0112. The normalized spacial score (nSPS) is 19.2. The Kier molecular flexibility index (Phi) is 6.14. The van der Waals surface area contributed by atoms with Crippen LogP contribution in [0.5, 0.6) is 5.75 Å². The van der Waals surface area contributed by atoms with Crippen molar-refractivity contribution in [2.75, 3.05) is 11.9 Å². The van der Waals surface area contributed by atoms with E-state index in [1.807, 2.05) is 11.1 Å². The first-order valence-electron chi connectivity index (χ1n) is 12.6. The van der Waals surface area contributed by atoms with Crippen LogP contribution in [0.1, 0.15) is 31.5 Å². The van der Waals surface area contributed by atoms with Crippen molar-refractivity contribution in [3.63, 3.8) is 0 Å². The second-order valence-corrected chi connectivity index (χ2v) is 9.67. The summed E-state index contributed by atoms with van der Waals surface area (Å²) in [4.78, 5) is 39.8. The molecule has 2 amide bonds. The summed E-state index contributed by atoms with van der Waals surface area (Å²) in [5.74, 6) is 1.80. The maximum absolute atomic E-state index is 13.9. The molecule has 2 aliphatic rings. The Hall–Kier alpha value is -4.48. The van der Waals surface area contributed by atoms with Crippen LogP contribution >= 0.6 is 0 Å². The molecule has 1 fully saturated rings. The van der Waals surface area contributed by atoms with Crippen molar-refractivity contribution in [1.82, 2.24) is 29.0 Å². The molecule has 1 saturated carbocycles. The molecular formula is C26H27FN8O3. The van der Waals surface area contributed by atoms with Gasteiger partial charge < -0.3 is 25.3 Å². The highest BCUT2D eigenvalue weighted by Gasteiger charge is 2.31. The largest absolute Gasteiger partial charge is 0.410 e. The minimum atomic E-state index is -0.987. The van der Waals surface area contributed by atoms with Crippen LogP contribution in [0.15, 0.2) is 49.1 Å². The molecule has 38 heavy (non-hydrogen) atoms. The summed E-state index contributed by atoms with van der Waals surface area (Å²) in [5.41, 5.74) is 5.79. The summed E-state index contributed by atoms with van der Waals surface area (Å²) >= 11 is 0. The van der Waals surface area contributed by atoms with Gasteiger partial charge in [-0.25, -0.2) is 19.2 Å². The average molecular weight is 519 g/mol. The van der Waals surface area contributed by atoms with Crippen molar-refractivity contribution in [2.45, 2.75) is 44.8 Å². The quantitative estimate of drug-likeness (QED) is 0.414. The number of amides is 2. The Balaban J connectivity index is 1.12. The molecule has 1 aromatic carbocycles. The molecule has 0 unspecified atom stereocenters. The number of ether oxygens (including phenoxy) is 1. The first-order valence-corrected chi connectivity index (χ1v) is 12.6. The van der Waals surface area contributed by atoms with Gasteiger partial charge in [0, 0.05) is 49.0 Å². The number of anilines is 1. The summed E-state index contributed by atoms with van der Waals surface area (Å²) in [6.07, 6.45) is 9.17. The SMILES string of the molecule is NC(=O)Oc1cn(-c2ccnc(NC3CCC(C(=O)N4CCn5ccnc5C4)CC3)n2)c2ccc(F)cc12. The summed E-state index contributed by atoms with van der Waals surface area (Å²) < 4.78 is 22.7. The zero-order valence-electron chi connectivity index (χ0n) is 20.6. The number of rotatable bonds is 5. The third kappa shape index (κ3) is 4.64. The first kappa shape index (κ1) is 23.9. The molecule has 6 rings (SSSR count). The topological polar surface area (TPSA) is 133 Å². The molecule has 1 aliphatic heterocycles. The van der Waals surface area contributed by atoms with Crippen molar-refractivity contribution in [1.29, 1.82) is 0 Å². The van der Waals surface area contributed by atoms with E-state index in [1.165, 1.54) is 12.1 Å². The van der Waals surface area contributed by atoms with E-state index in [4.69, 9.17) is 10.5 Å². The van der Waals surface area contributed by atoms with Gasteiger partial charge in [0.1, 0.15) is 17.5 Å². The number of carbonyl (C=O) groups excluding carboxylic acids is 2. The lowest BCUT2D eigenvalue weighted by molar-refractivity contribution is -0.138. The molecule has 4 heterocycles. The van der Waals surface area contributed by atoms with Crippen LogP contribution in [0.25, 0.3) is 16.7 Å². The van der Waals surface area contributed by atoms with E-state index in [0.717, 1.165) is 38.1 Å². The zero-order chi connectivity index (χ0) is 26.2. The van der Waals surface area contributed by atoms with Crippen molar-refractivity contribution in [2.24, 2.45) is 11.7 Å². The lowest BCUT2D eigenvalue weighted by Gasteiger charge is -2.34. The van der Waals surface area contributed by atoms with Crippen molar-refractivity contribution < 1.29 is 18.7 Å². The summed E-state index contributed by atoms with van der Waals surface area (Å²) in [6, 6.07) is 6.04. The molecule has 196 valence electrons. The lowest BCUT2D eigenvalue weighted by atomic mass is 9.85. The number of nitrogens with zero attached hydrogens (tertiary/aromatic N) is 6. The van der Waals surface area contributed by atoms with Crippen molar-refractivity contribution >= 4 is 28.9 Å². The fraction of sp³-hybridized carbons (Fsp3) is 0.346. The van der Waals surface area contributed by atoms with Crippen LogP contribution < -0.4 is 15.8 Å². The molecule has 12 heteroatoms. The maximum atomic E-state index is 13.9. The maximum Gasteiger partial charge on any atom is 0.410 e. The van der Waals surface area contributed by atoms with Crippen molar-refractivity contribution in [3.05, 3.63) is 60.7 Å². The molecule has 0 atom stereocenters. The van der Waals surface area contributed by atoms with Crippen LogP contribution in [0.3, 0.4) is 0 Å². The van der Waals surface area contributed by atoms with E-state index < -0.39 is 11.9 Å². The number of imidazole rings is 1. The second kappa shape index (κ2) is 9.77. The van der Waals surface area contributed by atoms with Gasteiger partial charge in [-0.2, -0.15) is 4.98 Å². The van der Waals surface area contributed by atoms with Crippen LogP contribution in [-0.2, 0) is 17.9 Å². The van der Waals surface area contributed by atoms with E-state index in [0.29, 0.717) is 35.8 Å². The number of aromatic nitrogens is 5. The molecule has 0 spiro atoms. The van der Waals surface area contributed by atoms with Crippen LogP contribution in [0.4, 0.5) is 15.1 Å². The predicted octanol–water partition coefficient (Wildman–Crippen LogP) is 3.23. The molecule has 4 aromatic rings. The molecule has 0 radical (unpaired) electrons. The summed E-state index contributed by atoms with van der Waals surface area (Å²) in [5, 5.41) is 3.80. The van der Waals surface area contributed by atoms with Crippen molar-refractivity contribution in [3.8, 4) is 11.6 Å². The number of nitrogens with one attached hydrogen (secondary N) is 1. The third-order valence-electron chi connectivity index (χ3n) is 7.29. The highest BCUT2D eigenvalue weighted by Crippen LogP contribution is 2.32. The zero-order valence-corrected chi connectivity index (χ0v) is 20.6. The van der Waals surface area contributed by atoms with Gasteiger partial charge in [-0.1, -0.05) is 0 Å². The second-order valence-electron chi connectivity index (χ2n) is 9.67. The predicted molar refractivity (Wildman–Crippen MR) is 136 cm³/mol. The van der Waals surface area contributed by atoms with Gasteiger partial charge in [0.2, 0.25) is 11.9 Å². The van der Waals surface area contributed by atoms with E-state index in [1.54, 1.807) is 35.3 Å². The Labute approximate surface area is 217 Å². The Morgan fingerprint density at radius 2 is 1.92 bits per heavy atom. The molecule has 3 aromatic heterocycles. The van der Waals surface area contributed by atoms with Gasteiger partial charge in [-0.05, 0) is 49.9 Å². The van der Waals surface area contributed by atoms with Gasteiger partial charge in [-0.3, -0.25) is 9.36 Å². The highest BCUT2D eigenvalue weighted by atomic mass is 19.1. The Morgan fingerprint density at radius 3 is 2.74 bits per heavy atom. The molecule has 0 bridgehead atoms.